The van der Waals surface area contributed by atoms with Gasteiger partial charge in [0.1, 0.15) is 5.82 Å². The lowest BCUT2D eigenvalue weighted by Crippen LogP contribution is -2.05. The summed E-state index contributed by atoms with van der Waals surface area (Å²) in [6, 6.07) is 7.38. The normalized spacial score (nSPS) is 10.5. The molecule has 0 aliphatic heterocycles. The van der Waals surface area contributed by atoms with E-state index in [1.54, 1.807) is 16.9 Å². The summed E-state index contributed by atoms with van der Waals surface area (Å²) in [7, 11) is 0. The summed E-state index contributed by atoms with van der Waals surface area (Å²) in [5, 5.41) is 4.75. The predicted octanol–water partition coefficient (Wildman–Crippen LogP) is 1.57. The molecule has 15 heavy (non-hydrogen) atoms. The van der Waals surface area contributed by atoms with E-state index in [1.807, 2.05) is 18.2 Å². The number of rotatable bonds is 2. The Morgan fingerprint density at radius 3 is 2.67 bits per heavy atom. The van der Waals surface area contributed by atoms with Crippen molar-refractivity contribution in [3.05, 3.63) is 41.0 Å². The topological polar surface area (TPSA) is 69.9 Å². The van der Waals surface area contributed by atoms with Gasteiger partial charge in [-0.3, -0.25) is 0 Å². The van der Waals surface area contributed by atoms with Gasteiger partial charge in [0, 0.05) is 12.1 Å². The fourth-order valence-corrected chi connectivity index (χ4v) is 1.58. The van der Waals surface area contributed by atoms with Crippen LogP contribution in [0.2, 0.25) is 5.02 Å². The van der Waals surface area contributed by atoms with Gasteiger partial charge < -0.3 is 11.5 Å². The van der Waals surface area contributed by atoms with Crippen molar-refractivity contribution in [1.29, 1.82) is 0 Å². The van der Waals surface area contributed by atoms with Crippen LogP contribution in [0, 0.1) is 0 Å². The highest BCUT2D eigenvalue weighted by Gasteiger charge is 2.09. The molecule has 4 N–H and O–H groups in total. The Morgan fingerprint density at radius 2 is 2.07 bits per heavy atom. The van der Waals surface area contributed by atoms with E-state index in [4.69, 9.17) is 23.1 Å². The maximum absolute atomic E-state index is 6.04. The zero-order valence-corrected chi connectivity index (χ0v) is 8.78. The molecule has 0 unspecified atom stereocenters. The second-order valence-electron chi connectivity index (χ2n) is 3.12. The van der Waals surface area contributed by atoms with Gasteiger partial charge >= 0.3 is 0 Å². The van der Waals surface area contributed by atoms with Crippen LogP contribution in [0.5, 0.6) is 0 Å². The number of nitrogens with two attached hydrogens (primary N) is 2. The van der Waals surface area contributed by atoms with Crippen molar-refractivity contribution < 1.29 is 0 Å². The number of nitrogen functional groups attached to an aromatic ring is 1. The molecule has 0 fully saturated rings. The lowest BCUT2D eigenvalue weighted by Gasteiger charge is -2.06. The van der Waals surface area contributed by atoms with E-state index in [0.29, 0.717) is 17.4 Å². The van der Waals surface area contributed by atoms with Crippen molar-refractivity contribution in [2.45, 2.75) is 6.54 Å². The second kappa shape index (κ2) is 3.92. The first-order valence-corrected chi connectivity index (χ1v) is 4.89. The third kappa shape index (κ3) is 1.69. The van der Waals surface area contributed by atoms with Gasteiger partial charge in [0.15, 0.2) is 0 Å². The van der Waals surface area contributed by atoms with E-state index in [-0.39, 0.29) is 0 Å². The summed E-state index contributed by atoms with van der Waals surface area (Å²) < 4.78 is 1.59. The van der Waals surface area contributed by atoms with Gasteiger partial charge in [-0.05, 0) is 12.1 Å². The minimum atomic E-state index is 0.371. The highest BCUT2D eigenvalue weighted by atomic mass is 35.5. The third-order valence-electron chi connectivity index (χ3n) is 2.19. The van der Waals surface area contributed by atoms with E-state index >= 15 is 0 Å². The number of aromatic nitrogens is 2. The van der Waals surface area contributed by atoms with Crippen LogP contribution in [0.3, 0.4) is 0 Å². The van der Waals surface area contributed by atoms with Crippen LogP contribution in [0.25, 0.3) is 5.69 Å². The van der Waals surface area contributed by atoms with Crippen LogP contribution >= 0.6 is 11.6 Å². The first-order valence-electron chi connectivity index (χ1n) is 4.51. The maximum atomic E-state index is 6.04. The Hall–Kier alpha value is -1.52. The monoisotopic (exact) mass is 222 g/mol. The maximum Gasteiger partial charge on any atom is 0.131 e. The SMILES string of the molecule is NCc1cnn(-c2ccccc2Cl)c1N. The van der Waals surface area contributed by atoms with Crippen LogP contribution in [0.15, 0.2) is 30.5 Å². The molecular weight excluding hydrogens is 212 g/mol. The number of para-hydroxylation sites is 1. The minimum absolute atomic E-state index is 0.371. The molecule has 1 heterocycles. The standard InChI is InChI=1S/C10H11ClN4/c11-8-3-1-2-4-9(8)15-10(13)7(5-12)6-14-15/h1-4,6H,5,12-13H2. The number of hydrogen-bond donors (Lipinski definition) is 2. The molecule has 78 valence electrons. The van der Waals surface area contributed by atoms with Gasteiger partial charge in [0.25, 0.3) is 0 Å². The van der Waals surface area contributed by atoms with E-state index in [9.17, 15) is 0 Å². The molecule has 0 saturated carbocycles. The molecule has 0 amide bonds. The number of anilines is 1. The third-order valence-corrected chi connectivity index (χ3v) is 2.51. The fraction of sp³-hybridized carbons (Fsp3) is 0.100. The average molecular weight is 223 g/mol. The Kier molecular flexibility index (Phi) is 2.62. The predicted molar refractivity (Wildman–Crippen MR) is 60.9 cm³/mol. The van der Waals surface area contributed by atoms with E-state index in [1.165, 1.54) is 0 Å². The second-order valence-corrected chi connectivity index (χ2v) is 3.53. The number of halogens is 1. The van der Waals surface area contributed by atoms with Crippen LogP contribution < -0.4 is 11.5 Å². The summed E-state index contributed by atoms with van der Waals surface area (Å²) in [6.07, 6.45) is 1.65. The molecule has 1 aromatic carbocycles. The summed E-state index contributed by atoms with van der Waals surface area (Å²) >= 11 is 6.04. The molecule has 0 atom stereocenters. The molecule has 2 rings (SSSR count). The quantitative estimate of drug-likeness (QED) is 0.810. The van der Waals surface area contributed by atoms with E-state index < -0.39 is 0 Å². The van der Waals surface area contributed by atoms with Gasteiger partial charge in [-0.15, -0.1) is 0 Å². The number of hydrogen-bond acceptors (Lipinski definition) is 3. The van der Waals surface area contributed by atoms with E-state index in [2.05, 4.69) is 5.10 Å². The molecule has 0 saturated heterocycles. The van der Waals surface area contributed by atoms with Gasteiger partial charge in [0.05, 0.1) is 16.9 Å². The first kappa shape index (κ1) is 10.0. The molecule has 0 aliphatic rings. The molecule has 1 aromatic heterocycles. The van der Waals surface area contributed by atoms with Gasteiger partial charge in [-0.2, -0.15) is 5.10 Å². The highest BCUT2D eigenvalue weighted by molar-refractivity contribution is 6.32. The zero-order chi connectivity index (χ0) is 10.8. The molecule has 4 nitrogen and oxygen atoms in total. The Bertz CT molecular complexity index is 478. The van der Waals surface area contributed by atoms with Crippen molar-refractivity contribution in [2.24, 2.45) is 5.73 Å². The minimum Gasteiger partial charge on any atom is -0.383 e. The molecule has 0 spiro atoms. The summed E-state index contributed by atoms with van der Waals surface area (Å²) in [5.74, 6) is 0.533. The first-order chi connectivity index (χ1) is 7.24. The van der Waals surface area contributed by atoms with Crippen molar-refractivity contribution in [3.8, 4) is 5.69 Å². The smallest absolute Gasteiger partial charge is 0.131 e. The average Bonchev–Trinajstić information content (AvgIpc) is 2.60. The van der Waals surface area contributed by atoms with Crippen molar-refractivity contribution in [2.75, 3.05) is 5.73 Å². The highest BCUT2D eigenvalue weighted by Crippen LogP contribution is 2.23. The summed E-state index contributed by atoms with van der Waals surface area (Å²) in [6.45, 7) is 0.371. The zero-order valence-electron chi connectivity index (χ0n) is 8.02. The van der Waals surface area contributed by atoms with Crippen LogP contribution in [0.4, 0.5) is 5.82 Å². The van der Waals surface area contributed by atoms with Crippen LogP contribution in [0.1, 0.15) is 5.56 Å². The largest absolute Gasteiger partial charge is 0.383 e. The molecular formula is C10H11ClN4. The molecule has 5 heteroatoms. The van der Waals surface area contributed by atoms with Gasteiger partial charge in [0.2, 0.25) is 0 Å². The van der Waals surface area contributed by atoms with Gasteiger partial charge in [-0.1, -0.05) is 23.7 Å². The number of nitrogens with zero attached hydrogens (tertiary/aromatic N) is 2. The Balaban J connectivity index is 2.55. The van der Waals surface area contributed by atoms with Crippen molar-refractivity contribution in [1.82, 2.24) is 9.78 Å². The molecule has 0 bridgehead atoms. The van der Waals surface area contributed by atoms with Crippen LogP contribution in [-0.4, -0.2) is 9.78 Å². The van der Waals surface area contributed by atoms with Crippen molar-refractivity contribution in [3.63, 3.8) is 0 Å². The number of benzene rings is 1. The van der Waals surface area contributed by atoms with Gasteiger partial charge in [-0.25, -0.2) is 4.68 Å². The Morgan fingerprint density at radius 1 is 1.33 bits per heavy atom. The molecule has 0 radical (unpaired) electrons. The summed E-state index contributed by atoms with van der Waals surface area (Å²) in [5.41, 5.74) is 13.0. The summed E-state index contributed by atoms with van der Waals surface area (Å²) in [4.78, 5) is 0. The van der Waals surface area contributed by atoms with E-state index in [0.717, 1.165) is 11.3 Å². The van der Waals surface area contributed by atoms with Crippen LogP contribution in [-0.2, 0) is 6.54 Å². The lowest BCUT2D eigenvalue weighted by molar-refractivity contribution is 0.891. The molecule has 2 aromatic rings. The lowest BCUT2D eigenvalue weighted by atomic mass is 10.3. The molecule has 0 aliphatic carbocycles. The fourth-order valence-electron chi connectivity index (χ4n) is 1.36. The Labute approximate surface area is 92.4 Å². The van der Waals surface area contributed by atoms with Crippen molar-refractivity contribution >= 4 is 17.4 Å².